The molecule has 0 saturated heterocycles. The molecule has 0 aliphatic rings. The zero-order valence-corrected chi connectivity index (χ0v) is 18.8. The number of hydrogen-bond donors (Lipinski definition) is 0. The second-order valence-electron chi connectivity index (χ2n) is 8.87. The Morgan fingerprint density at radius 3 is 2.50 bits per heavy atom. The van der Waals surface area contributed by atoms with Crippen molar-refractivity contribution in [3.8, 4) is 11.3 Å². The van der Waals surface area contributed by atoms with E-state index in [1.807, 2.05) is 11.3 Å². The van der Waals surface area contributed by atoms with Gasteiger partial charge in [0.25, 0.3) is 0 Å². The van der Waals surface area contributed by atoms with Crippen LogP contribution in [0.15, 0.2) is 60.9 Å². The van der Waals surface area contributed by atoms with Crippen LogP contribution in [0.25, 0.3) is 42.3 Å². The van der Waals surface area contributed by atoms with Gasteiger partial charge in [-0.1, -0.05) is 64.1 Å². The van der Waals surface area contributed by atoms with Crippen LogP contribution in [-0.4, -0.2) is 9.97 Å². The Morgan fingerprint density at radius 1 is 0.867 bits per heavy atom. The van der Waals surface area contributed by atoms with E-state index in [1.165, 1.54) is 42.2 Å². The first-order valence-electron chi connectivity index (χ1n) is 10.7. The fourth-order valence-corrected chi connectivity index (χ4v) is 5.61. The van der Waals surface area contributed by atoms with Gasteiger partial charge < -0.3 is 0 Å². The molecule has 0 fully saturated rings. The number of aromatic nitrogens is 2. The monoisotopic (exact) mass is 410 g/mol. The summed E-state index contributed by atoms with van der Waals surface area (Å²) in [5.41, 5.74) is 6.05. The molecule has 2 nitrogen and oxygen atoms in total. The lowest BCUT2D eigenvalue weighted by molar-refractivity contribution is 0.648. The van der Waals surface area contributed by atoms with E-state index in [2.05, 4.69) is 87.3 Å². The zero-order valence-electron chi connectivity index (χ0n) is 17.9. The molecule has 3 heteroatoms. The van der Waals surface area contributed by atoms with E-state index in [-0.39, 0.29) is 0 Å². The van der Waals surface area contributed by atoms with Crippen LogP contribution in [0, 0.1) is 5.92 Å². The molecule has 30 heavy (non-hydrogen) atoms. The van der Waals surface area contributed by atoms with Crippen molar-refractivity contribution in [2.24, 2.45) is 5.92 Å². The minimum Gasteiger partial charge on any atom is -0.235 e. The summed E-state index contributed by atoms with van der Waals surface area (Å²) in [7, 11) is 0. The Morgan fingerprint density at radius 2 is 1.70 bits per heavy atom. The molecule has 0 bridgehead atoms. The first-order valence-corrected chi connectivity index (χ1v) is 11.5. The molecule has 3 aromatic carbocycles. The molecule has 5 rings (SSSR count). The van der Waals surface area contributed by atoms with Crippen LogP contribution in [0.2, 0.25) is 0 Å². The van der Waals surface area contributed by atoms with Crippen molar-refractivity contribution < 1.29 is 0 Å². The highest BCUT2D eigenvalue weighted by molar-refractivity contribution is 7.26. The third-order valence-corrected chi connectivity index (χ3v) is 6.90. The zero-order chi connectivity index (χ0) is 20.8. The summed E-state index contributed by atoms with van der Waals surface area (Å²) in [4.78, 5) is 9.42. The number of thiophene rings is 1. The van der Waals surface area contributed by atoms with Crippen molar-refractivity contribution in [3.63, 3.8) is 0 Å². The minimum atomic E-state index is 0.452. The molecule has 0 unspecified atom stereocenters. The van der Waals surface area contributed by atoms with Crippen molar-refractivity contribution in [1.29, 1.82) is 0 Å². The molecule has 0 amide bonds. The average Bonchev–Trinajstić information content (AvgIpc) is 3.10. The molecular formula is C27H26N2S. The topological polar surface area (TPSA) is 25.8 Å². The first kappa shape index (κ1) is 19.2. The van der Waals surface area contributed by atoms with E-state index >= 15 is 0 Å². The van der Waals surface area contributed by atoms with Crippen molar-refractivity contribution in [1.82, 2.24) is 9.97 Å². The standard InChI is InChI=1S/C27H26N2S/c1-16(2)11-18-9-10-22-24(12-18)30-27-25(28-15-29-26(22)27)20-13-19-7-5-6-8-21(19)23(14-20)17(3)4/h5-10,12-17H,11H2,1-4H3. The van der Waals surface area contributed by atoms with Crippen LogP contribution in [0.1, 0.15) is 44.7 Å². The van der Waals surface area contributed by atoms with E-state index in [9.17, 15) is 0 Å². The number of benzene rings is 3. The Balaban J connectivity index is 1.75. The number of rotatable bonds is 4. The lowest BCUT2D eigenvalue weighted by atomic mass is 9.92. The minimum absolute atomic E-state index is 0.452. The van der Waals surface area contributed by atoms with Gasteiger partial charge in [0.15, 0.2) is 0 Å². The van der Waals surface area contributed by atoms with Crippen molar-refractivity contribution >= 4 is 42.4 Å². The van der Waals surface area contributed by atoms with Gasteiger partial charge in [-0.15, -0.1) is 11.3 Å². The van der Waals surface area contributed by atoms with Crippen molar-refractivity contribution in [3.05, 3.63) is 72.1 Å². The molecule has 0 N–H and O–H groups in total. The van der Waals surface area contributed by atoms with Crippen LogP contribution in [-0.2, 0) is 6.42 Å². The van der Waals surface area contributed by atoms with Gasteiger partial charge in [0.2, 0.25) is 0 Å². The predicted octanol–water partition coefficient (Wildman–Crippen LogP) is 7.99. The third kappa shape index (κ3) is 3.27. The van der Waals surface area contributed by atoms with Crippen LogP contribution < -0.4 is 0 Å². The molecule has 150 valence electrons. The second kappa shape index (κ2) is 7.48. The molecule has 0 atom stereocenters. The fourth-order valence-electron chi connectivity index (χ4n) is 4.38. The Labute approximate surface area is 181 Å². The number of hydrogen-bond acceptors (Lipinski definition) is 3. The van der Waals surface area contributed by atoms with E-state index in [0.29, 0.717) is 11.8 Å². The molecule has 0 saturated carbocycles. The Kier molecular flexibility index (Phi) is 4.79. The SMILES string of the molecule is CC(C)Cc1ccc2c(c1)sc1c(-c3cc(C(C)C)c4ccccc4c3)ncnc12. The normalized spacial score (nSPS) is 12.1. The first-order chi connectivity index (χ1) is 14.5. The molecule has 2 heterocycles. The summed E-state index contributed by atoms with van der Waals surface area (Å²) >= 11 is 1.82. The molecule has 0 aliphatic heterocycles. The number of fused-ring (bicyclic) bond motifs is 4. The molecule has 5 aromatic rings. The average molecular weight is 411 g/mol. The molecule has 0 radical (unpaired) electrons. The lowest BCUT2D eigenvalue weighted by Gasteiger charge is -2.13. The highest BCUT2D eigenvalue weighted by Crippen LogP contribution is 2.40. The van der Waals surface area contributed by atoms with Crippen LogP contribution in [0.4, 0.5) is 0 Å². The molecule has 0 aliphatic carbocycles. The van der Waals surface area contributed by atoms with Gasteiger partial charge in [-0.3, -0.25) is 0 Å². The highest BCUT2D eigenvalue weighted by Gasteiger charge is 2.16. The maximum absolute atomic E-state index is 4.75. The Bertz CT molecular complexity index is 1380. The molecular weight excluding hydrogens is 384 g/mol. The summed E-state index contributed by atoms with van der Waals surface area (Å²) in [5, 5.41) is 3.83. The van der Waals surface area contributed by atoms with Gasteiger partial charge in [0.05, 0.1) is 15.9 Å². The van der Waals surface area contributed by atoms with E-state index in [0.717, 1.165) is 17.6 Å². The molecule has 2 aromatic heterocycles. The van der Waals surface area contributed by atoms with Gasteiger partial charge in [-0.25, -0.2) is 9.97 Å². The smallest absolute Gasteiger partial charge is 0.116 e. The summed E-state index contributed by atoms with van der Waals surface area (Å²) in [6.07, 6.45) is 2.82. The maximum Gasteiger partial charge on any atom is 0.116 e. The van der Waals surface area contributed by atoms with Gasteiger partial charge in [-0.05, 0) is 58.4 Å². The van der Waals surface area contributed by atoms with Gasteiger partial charge in [-0.2, -0.15) is 0 Å². The van der Waals surface area contributed by atoms with Gasteiger partial charge in [0.1, 0.15) is 6.33 Å². The third-order valence-electron chi connectivity index (χ3n) is 5.75. The van der Waals surface area contributed by atoms with E-state index in [4.69, 9.17) is 4.98 Å². The van der Waals surface area contributed by atoms with Crippen molar-refractivity contribution in [2.45, 2.75) is 40.0 Å². The van der Waals surface area contributed by atoms with Crippen LogP contribution in [0.3, 0.4) is 0 Å². The largest absolute Gasteiger partial charge is 0.235 e. The van der Waals surface area contributed by atoms with Crippen molar-refractivity contribution in [2.75, 3.05) is 0 Å². The van der Waals surface area contributed by atoms with E-state index < -0.39 is 0 Å². The van der Waals surface area contributed by atoms with Gasteiger partial charge in [0, 0.05) is 15.6 Å². The number of nitrogens with zero attached hydrogens (tertiary/aromatic N) is 2. The highest BCUT2D eigenvalue weighted by atomic mass is 32.1. The van der Waals surface area contributed by atoms with E-state index in [1.54, 1.807) is 6.33 Å². The quantitative estimate of drug-likeness (QED) is 0.300. The summed E-state index contributed by atoms with van der Waals surface area (Å²) in [6, 6.07) is 20.1. The fraction of sp³-hybridized carbons (Fsp3) is 0.259. The summed E-state index contributed by atoms with van der Waals surface area (Å²) in [6.45, 7) is 9.06. The lowest BCUT2D eigenvalue weighted by Crippen LogP contribution is -1.93. The van der Waals surface area contributed by atoms with Crippen LogP contribution in [0.5, 0.6) is 0 Å². The molecule has 0 spiro atoms. The predicted molar refractivity (Wildman–Crippen MR) is 130 cm³/mol. The Hall–Kier alpha value is -2.78. The summed E-state index contributed by atoms with van der Waals surface area (Å²) in [5.74, 6) is 1.10. The maximum atomic E-state index is 4.75. The second-order valence-corrected chi connectivity index (χ2v) is 9.92. The van der Waals surface area contributed by atoms with Crippen LogP contribution >= 0.6 is 11.3 Å². The summed E-state index contributed by atoms with van der Waals surface area (Å²) < 4.78 is 2.48. The van der Waals surface area contributed by atoms with Gasteiger partial charge >= 0.3 is 0 Å².